The van der Waals surface area contributed by atoms with Crippen molar-refractivity contribution in [3.63, 3.8) is 0 Å². The molecule has 7 heteroatoms. The van der Waals surface area contributed by atoms with Gasteiger partial charge < -0.3 is 10.6 Å². The van der Waals surface area contributed by atoms with Crippen molar-refractivity contribution in [2.75, 3.05) is 6.54 Å². The molecule has 1 aromatic carbocycles. The number of rotatable bonds is 6. The van der Waals surface area contributed by atoms with Crippen molar-refractivity contribution in [3.8, 4) is 6.07 Å². The third kappa shape index (κ3) is 4.48. The van der Waals surface area contributed by atoms with Gasteiger partial charge in [0.2, 0.25) is 11.8 Å². The van der Waals surface area contributed by atoms with Gasteiger partial charge in [0.05, 0.1) is 11.6 Å². The minimum absolute atomic E-state index is 0.110. The summed E-state index contributed by atoms with van der Waals surface area (Å²) in [7, 11) is 0. The number of fused-ring (bicyclic) bond motifs is 1. The SMILES string of the molecule is CC(=O)n1ccc2ccc(C(=O)NC(CC(C)C)C(=O)NCC#N)cc21. The second-order valence-corrected chi connectivity index (χ2v) is 6.51. The van der Waals surface area contributed by atoms with Gasteiger partial charge in [-0.1, -0.05) is 19.9 Å². The molecular formula is C19H22N4O3. The Balaban J connectivity index is 2.24. The summed E-state index contributed by atoms with van der Waals surface area (Å²) in [5.74, 6) is -0.751. The number of nitrogens with one attached hydrogen (secondary N) is 2. The third-order valence-electron chi connectivity index (χ3n) is 3.97. The maximum absolute atomic E-state index is 12.6. The van der Waals surface area contributed by atoms with Crippen LogP contribution in [-0.4, -0.2) is 34.9 Å². The minimum atomic E-state index is -0.730. The lowest BCUT2D eigenvalue weighted by Crippen LogP contribution is -2.47. The third-order valence-corrected chi connectivity index (χ3v) is 3.97. The van der Waals surface area contributed by atoms with E-state index in [-0.39, 0.29) is 24.3 Å². The van der Waals surface area contributed by atoms with Crippen LogP contribution in [-0.2, 0) is 4.79 Å². The van der Waals surface area contributed by atoms with E-state index in [0.29, 0.717) is 17.5 Å². The Kier molecular flexibility index (Phi) is 6.12. The van der Waals surface area contributed by atoms with Crippen molar-refractivity contribution < 1.29 is 14.4 Å². The highest BCUT2D eigenvalue weighted by Gasteiger charge is 2.22. The first-order valence-corrected chi connectivity index (χ1v) is 8.41. The van der Waals surface area contributed by atoms with Crippen molar-refractivity contribution >= 4 is 28.6 Å². The van der Waals surface area contributed by atoms with Gasteiger partial charge in [-0.3, -0.25) is 19.0 Å². The predicted molar refractivity (Wildman–Crippen MR) is 97.6 cm³/mol. The zero-order valence-corrected chi connectivity index (χ0v) is 15.1. The monoisotopic (exact) mass is 354 g/mol. The predicted octanol–water partition coefficient (Wildman–Crippen LogP) is 2.09. The summed E-state index contributed by atoms with van der Waals surface area (Å²) in [6, 6.07) is 7.96. The topological polar surface area (TPSA) is 104 Å². The Labute approximate surface area is 152 Å². The van der Waals surface area contributed by atoms with Gasteiger partial charge in [0.25, 0.3) is 5.91 Å². The fourth-order valence-corrected chi connectivity index (χ4v) is 2.74. The van der Waals surface area contributed by atoms with Gasteiger partial charge >= 0.3 is 0 Å². The lowest BCUT2D eigenvalue weighted by molar-refractivity contribution is -0.123. The zero-order chi connectivity index (χ0) is 19.3. The van der Waals surface area contributed by atoms with E-state index < -0.39 is 11.9 Å². The van der Waals surface area contributed by atoms with Crippen molar-refractivity contribution in [2.45, 2.75) is 33.2 Å². The van der Waals surface area contributed by atoms with Crippen LogP contribution in [0.5, 0.6) is 0 Å². The summed E-state index contributed by atoms with van der Waals surface area (Å²) < 4.78 is 1.47. The molecule has 0 aliphatic heterocycles. The van der Waals surface area contributed by atoms with Crippen LogP contribution in [0.4, 0.5) is 0 Å². The van der Waals surface area contributed by atoms with Gasteiger partial charge in [-0.25, -0.2) is 0 Å². The molecule has 136 valence electrons. The van der Waals surface area contributed by atoms with E-state index in [9.17, 15) is 14.4 Å². The average Bonchev–Trinajstić information content (AvgIpc) is 3.01. The number of aromatic nitrogens is 1. The normalized spacial score (nSPS) is 11.8. The number of nitrogens with zero attached hydrogens (tertiary/aromatic N) is 2. The minimum Gasteiger partial charge on any atom is -0.341 e. The molecule has 0 saturated heterocycles. The number of carbonyl (C=O) groups is 3. The second-order valence-electron chi connectivity index (χ2n) is 6.51. The van der Waals surface area contributed by atoms with Crippen LogP contribution in [0.25, 0.3) is 10.9 Å². The fourth-order valence-electron chi connectivity index (χ4n) is 2.74. The first-order valence-electron chi connectivity index (χ1n) is 8.41. The molecule has 1 unspecified atom stereocenters. The van der Waals surface area contributed by atoms with Gasteiger partial charge in [-0.15, -0.1) is 0 Å². The molecule has 1 aromatic heterocycles. The first kappa shape index (κ1) is 19.2. The van der Waals surface area contributed by atoms with Gasteiger partial charge in [0.15, 0.2) is 0 Å². The molecule has 0 fully saturated rings. The molecule has 1 atom stereocenters. The Morgan fingerprint density at radius 3 is 2.58 bits per heavy atom. The van der Waals surface area contributed by atoms with Gasteiger partial charge in [-0.05, 0) is 30.5 Å². The number of hydrogen-bond acceptors (Lipinski definition) is 4. The number of carbonyl (C=O) groups excluding carboxylic acids is 3. The van der Waals surface area contributed by atoms with Crippen molar-refractivity contribution in [2.24, 2.45) is 5.92 Å². The maximum atomic E-state index is 12.6. The number of amides is 2. The largest absolute Gasteiger partial charge is 0.341 e. The maximum Gasteiger partial charge on any atom is 0.252 e. The molecule has 26 heavy (non-hydrogen) atoms. The molecule has 7 nitrogen and oxygen atoms in total. The van der Waals surface area contributed by atoms with Crippen LogP contribution in [0.15, 0.2) is 30.5 Å². The molecule has 0 bridgehead atoms. The summed E-state index contributed by atoms with van der Waals surface area (Å²) in [4.78, 5) is 36.5. The molecule has 2 amide bonds. The molecule has 0 spiro atoms. The first-order chi connectivity index (χ1) is 12.3. The van der Waals surface area contributed by atoms with E-state index in [1.165, 1.54) is 11.5 Å². The van der Waals surface area contributed by atoms with E-state index >= 15 is 0 Å². The Bertz CT molecular complexity index is 877. The number of hydrogen-bond donors (Lipinski definition) is 2. The van der Waals surface area contributed by atoms with Gasteiger partial charge in [0.1, 0.15) is 12.6 Å². The van der Waals surface area contributed by atoms with Crippen LogP contribution in [0.3, 0.4) is 0 Å². The molecule has 0 aliphatic rings. The smallest absolute Gasteiger partial charge is 0.252 e. The van der Waals surface area contributed by atoms with Crippen molar-refractivity contribution in [1.29, 1.82) is 5.26 Å². The van der Waals surface area contributed by atoms with E-state index in [2.05, 4.69) is 10.6 Å². The van der Waals surface area contributed by atoms with E-state index in [1.807, 2.05) is 19.9 Å². The Hall–Kier alpha value is -3.14. The number of nitriles is 1. The number of benzene rings is 1. The van der Waals surface area contributed by atoms with Gasteiger partial charge in [-0.2, -0.15) is 5.26 Å². The van der Waals surface area contributed by atoms with E-state index in [4.69, 9.17) is 5.26 Å². The molecular weight excluding hydrogens is 332 g/mol. The molecule has 2 aromatic rings. The summed E-state index contributed by atoms with van der Waals surface area (Å²) in [5.41, 5.74) is 1.00. The van der Waals surface area contributed by atoms with Crippen LogP contribution < -0.4 is 10.6 Å². The highest BCUT2D eigenvalue weighted by atomic mass is 16.2. The average molecular weight is 354 g/mol. The van der Waals surface area contributed by atoms with Crippen LogP contribution in [0, 0.1) is 17.2 Å². The highest BCUT2D eigenvalue weighted by molar-refractivity contribution is 6.01. The lowest BCUT2D eigenvalue weighted by atomic mass is 10.0. The molecule has 0 radical (unpaired) electrons. The lowest BCUT2D eigenvalue weighted by Gasteiger charge is -2.19. The molecule has 0 aliphatic carbocycles. The Morgan fingerprint density at radius 2 is 1.96 bits per heavy atom. The Morgan fingerprint density at radius 1 is 1.23 bits per heavy atom. The molecule has 2 rings (SSSR count). The summed E-state index contributed by atoms with van der Waals surface area (Å²) >= 11 is 0. The van der Waals surface area contributed by atoms with E-state index in [0.717, 1.165) is 5.39 Å². The summed E-state index contributed by atoms with van der Waals surface area (Å²) in [6.07, 6.45) is 2.11. The zero-order valence-electron chi connectivity index (χ0n) is 15.1. The second kappa shape index (κ2) is 8.30. The summed E-state index contributed by atoms with van der Waals surface area (Å²) in [5, 5.41) is 14.7. The van der Waals surface area contributed by atoms with Crippen LogP contribution in [0.1, 0.15) is 42.3 Å². The molecule has 1 heterocycles. The molecule has 0 saturated carbocycles. The fraction of sp³-hybridized carbons (Fsp3) is 0.368. The quantitative estimate of drug-likeness (QED) is 0.775. The summed E-state index contributed by atoms with van der Waals surface area (Å²) in [6.45, 7) is 5.23. The van der Waals surface area contributed by atoms with Crippen molar-refractivity contribution in [3.05, 3.63) is 36.0 Å². The standard InChI is InChI=1S/C19H22N4O3/c1-12(2)10-16(19(26)21-8-7-20)22-18(25)15-5-4-14-6-9-23(13(3)24)17(14)11-15/h4-6,9,11-12,16H,8,10H2,1-3H3,(H,21,26)(H,22,25). The van der Waals surface area contributed by atoms with E-state index in [1.54, 1.807) is 30.5 Å². The molecule has 2 N–H and O–H groups in total. The highest BCUT2D eigenvalue weighted by Crippen LogP contribution is 2.18. The van der Waals surface area contributed by atoms with Gasteiger partial charge in [0, 0.05) is 24.1 Å². The van der Waals surface area contributed by atoms with Crippen LogP contribution in [0.2, 0.25) is 0 Å². The van der Waals surface area contributed by atoms with Crippen molar-refractivity contribution in [1.82, 2.24) is 15.2 Å². The van der Waals surface area contributed by atoms with Crippen LogP contribution >= 0.6 is 0 Å².